The lowest BCUT2D eigenvalue weighted by Crippen LogP contribution is -1.94. The molecular weight excluding hydrogens is 304 g/mol. The van der Waals surface area contributed by atoms with Crippen molar-refractivity contribution in [3.8, 4) is 11.3 Å². The van der Waals surface area contributed by atoms with Gasteiger partial charge in [0.05, 0.1) is 25.8 Å². The van der Waals surface area contributed by atoms with Crippen LogP contribution in [0.1, 0.15) is 0 Å². The SMILES string of the molecule is Nc1cc(-c2c(Cl)c(Cl)cc(Cl)c2Cl)ncn1. The average molecular weight is 309 g/mol. The predicted octanol–water partition coefficient (Wildman–Crippen LogP) is 4.34. The van der Waals surface area contributed by atoms with E-state index in [4.69, 9.17) is 52.1 Å². The third-order valence-corrected chi connectivity index (χ3v) is 3.63. The Morgan fingerprint density at radius 1 is 0.882 bits per heavy atom. The molecule has 2 rings (SSSR count). The molecule has 0 amide bonds. The van der Waals surface area contributed by atoms with Gasteiger partial charge >= 0.3 is 0 Å². The lowest BCUT2D eigenvalue weighted by atomic mass is 10.1. The summed E-state index contributed by atoms with van der Waals surface area (Å²) in [5, 5.41) is 1.15. The molecule has 0 aliphatic rings. The van der Waals surface area contributed by atoms with Gasteiger partial charge < -0.3 is 5.73 Å². The van der Waals surface area contributed by atoms with Gasteiger partial charge in [-0.15, -0.1) is 0 Å². The second kappa shape index (κ2) is 4.86. The molecule has 0 atom stereocenters. The summed E-state index contributed by atoms with van der Waals surface area (Å²) in [6, 6.07) is 3.02. The summed E-state index contributed by atoms with van der Waals surface area (Å²) in [6.45, 7) is 0. The molecule has 0 aliphatic carbocycles. The summed E-state index contributed by atoms with van der Waals surface area (Å²) in [5.41, 5.74) is 6.48. The van der Waals surface area contributed by atoms with E-state index >= 15 is 0 Å². The smallest absolute Gasteiger partial charge is 0.127 e. The van der Waals surface area contributed by atoms with Crippen molar-refractivity contribution in [1.29, 1.82) is 0 Å². The van der Waals surface area contributed by atoms with Gasteiger partial charge in [-0.2, -0.15) is 0 Å². The van der Waals surface area contributed by atoms with Crippen LogP contribution in [0, 0.1) is 0 Å². The molecule has 1 heterocycles. The largest absolute Gasteiger partial charge is 0.384 e. The number of aromatic nitrogens is 2. The Bertz CT molecular complexity index is 560. The molecule has 1 aromatic carbocycles. The molecule has 2 N–H and O–H groups in total. The zero-order chi connectivity index (χ0) is 12.6. The molecule has 0 radical (unpaired) electrons. The van der Waals surface area contributed by atoms with Gasteiger partial charge in [-0.05, 0) is 6.07 Å². The lowest BCUT2D eigenvalue weighted by molar-refractivity contribution is 1.18. The molecule has 7 heteroatoms. The van der Waals surface area contributed by atoms with Gasteiger partial charge in [-0.3, -0.25) is 0 Å². The molecular formula is C10H5Cl4N3. The minimum absolute atomic E-state index is 0.277. The van der Waals surface area contributed by atoms with E-state index in [1.165, 1.54) is 12.4 Å². The molecule has 3 nitrogen and oxygen atoms in total. The van der Waals surface area contributed by atoms with Crippen LogP contribution in [0.4, 0.5) is 5.82 Å². The zero-order valence-corrected chi connectivity index (χ0v) is 11.2. The van der Waals surface area contributed by atoms with Gasteiger partial charge in [0.1, 0.15) is 12.1 Å². The van der Waals surface area contributed by atoms with Crippen molar-refractivity contribution in [3.63, 3.8) is 0 Å². The highest BCUT2D eigenvalue weighted by Crippen LogP contribution is 2.42. The first-order valence-corrected chi connectivity index (χ1v) is 5.92. The molecule has 0 fully saturated rings. The number of nitrogens with zero attached hydrogens (tertiary/aromatic N) is 2. The van der Waals surface area contributed by atoms with E-state index < -0.39 is 0 Å². The Labute approximate surface area is 117 Å². The van der Waals surface area contributed by atoms with Crippen LogP contribution in [0.2, 0.25) is 20.1 Å². The van der Waals surface area contributed by atoms with E-state index in [-0.39, 0.29) is 10.0 Å². The number of nitrogen functional groups attached to an aromatic ring is 1. The van der Waals surface area contributed by atoms with Crippen molar-refractivity contribution >= 4 is 52.2 Å². The fourth-order valence-corrected chi connectivity index (χ4v) is 2.31. The summed E-state index contributed by atoms with van der Waals surface area (Å²) in [4.78, 5) is 7.82. The Morgan fingerprint density at radius 2 is 1.47 bits per heavy atom. The van der Waals surface area contributed by atoms with E-state index in [9.17, 15) is 0 Å². The molecule has 17 heavy (non-hydrogen) atoms. The molecule has 1 aromatic heterocycles. The third kappa shape index (κ3) is 2.43. The summed E-state index contributed by atoms with van der Waals surface area (Å²) in [7, 11) is 0. The minimum atomic E-state index is 0.277. The number of benzene rings is 1. The van der Waals surface area contributed by atoms with Crippen molar-refractivity contribution in [2.45, 2.75) is 0 Å². The second-order valence-electron chi connectivity index (χ2n) is 3.17. The van der Waals surface area contributed by atoms with Crippen LogP contribution in [0.15, 0.2) is 18.5 Å². The number of anilines is 1. The Hall–Kier alpha value is -0.740. The van der Waals surface area contributed by atoms with Gasteiger partial charge in [0.15, 0.2) is 0 Å². The Balaban J connectivity index is 2.75. The number of halogens is 4. The van der Waals surface area contributed by atoms with Crippen LogP contribution in [0.3, 0.4) is 0 Å². The maximum absolute atomic E-state index is 6.08. The van der Waals surface area contributed by atoms with Crippen LogP contribution < -0.4 is 5.73 Å². The van der Waals surface area contributed by atoms with Gasteiger partial charge in [0.2, 0.25) is 0 Å². The first-order chi connectivity index (χ1) is 8.00. The first-order valence-electron chi connectivity index (χ1n) is 4.41. The van der Waals surface area contributed by atoms with Crippen molar-refractivity contribution in [3.05, 3.63) is 38.6 Å². The fraction of sp³-hybridized carbons (Fsp3) is 0. The number of hydrogen-bond acceptors (Lipinski definition) is 3. The molecule has 0 aliphatic heterocycles. The van der Waals surface area contributed by atoms with Gasteiger partial charge in [0, 0.05) is 11.6 Å². The molecule has 88 valence electrons. The number of rotatable bonds is 1. The molecule has 0 saturated carbocycles. The molecule has 0 saturated heterocycles. The highest BCUT2D eigenvalue weighted by atomic mass is 35.5. The van der Waals surface area contributed by atoms with Gasteiger partial charge in [-0.1, -0.05) is 46.4 Å². The van der Waals surface area contributed by atoms with Crippen LogP contribution >= 0.6 is 46.4 Å². The molecule has 0 unspecified atom stereocenters. The van der Waals surface area contributed by atoms with Crippen molar-refractivity contribution in [2.24, 2.45) is 0 Å². The Morgan fingerprint density at radius 3 is 2.00 bits per heavy atom. The van der Waals surface area contributed by atoms with Crippen LogP contribution in [0.25, 0.3) is 11.3 Å². The van der Waals surface area contributed by atoms with E-state index in [1.54, 1.807) is 6.07 Å². The van der Waals surface area contributed by atoms with Crippen molar-refractivity contribution < 1.29 is 0 Å². The second-order valence-corrected chi connectivity index (χ2v) is 4.74. The molecule has 0 bridgehead atoms. The molecule has 2 aromatic rings. The van der Waals surface area contributed by atoms with Crippen LogP contribution in [0.5, 0.6) is 0 Å². The summed E-state index contributed by atoms with van der Waals surface area (Å²) in [6.07, 6.45) is 1.31. The van der Waals surface area contributed by atoms with Crippen molar-refractivity contribution in [2.75, 3.05) is 5.73 Å². The average Bonchev–Trinajstić information content (AvgIpc) is 2.27. The first kappa shape index (κ1) is 12.7. The quantitative estimate of drug-likeness (QED) is 0.797. The number of nitrogens with two attached hydrogens (primary N) is 1. The van der Waals surface area contributed by atoms with E-state index in [1.807, 2.05) is 0 Å². The topological polar surface area (TPSA) is 51.8 Å². The van der Waals surface area contributed by atoms with E-state index in [2.05, 4.69) is 9.97 Å². The summed E-state index contributed by atoms with van der Waals surface area (Å²) < 4.78 is 0. The maximum atomic E-state index is 6.08. The maximum Gasteiger partial charge on any atom is 0.127 e. The van der Waals surface area contributed by atoms with E-state index in [0.29, 0.717) is 27.1 Å². The third-order valence-electron chi connectivity index (χ3n) is 2.06. The van der Waals surface area contributed by atoms with Gasteiger partial charge in [-0.25, -0.2) is 9.97 Å². The van der Waals surface area contributed by atoms with Crippen molar-refractivity contribution in [1.82, 2.24) is 9.97 Å². The number of hydrogen-bond donors (Lipinski definition) is 1. The summed E-state index contributed by atoms with van der Waals surface area (Å²) >= 11 is 24.0. The minimum Gasteiger partial charge on any atom is -0.384 e. The Kier molecular flexibility index (Phi) is 3.64. The van der Waals surface area contributed by atoms with Crippen LogP contribution in [-0.2, 0) is 0 Å². The zero-order valence-electron chi connectivity index (χ0n) is 8.22. The monoisotopic (exact) mass is 307 g/mol. The fourth-order valence-electron chi connectivity index (χ4n) is 1.31. The summed E-state index contributed by atoms with van der Waals surface area (Å²) in [5.74, 6) is 0.304. The standard InChI is InChI=1S/C10H5Cl4N3/c11-4-1-5(12)10(14)8(9(4)13)6-2-7(15)17-3-16-6/h1-3H,(H2,15,16,17). The van der Waals surface area contributed by atoms with E-state index in [0.717, 1.165) is 0 Å². The van der Waals surface area contributed by atoms with Crippen LogP contribution in [-0.4, -0.2) is 9.97 Å². The normalized spacial score (nSPS) is 10.6. The highest BCUT2D eigenvalue weighted by Gasteiger charge is 2.16. The highest BCUT2D eigenvalue weighted by molar-refractivity contribution is 6.50. The predicted molar refractivity (Wildman–Crippen MR) is 71.9 cm³/mol. The lowest BCUT2D eigenvalue weighted by Gasteiger charge is -2.09. The molecule has 0 spiro atoms. The van der Waals surface area contributed by atoms with Gasteiger partial charge in [0.25, 0.3) is 0 Å².